The first-order valence-corrected chi connectivity index (χ1v) is 7.70. The van der Waals surface area contributed by atoms with Gasteiger partial charge in [-0.25, -0.2) is 4.98 Å². The molecule has 9 heteroatoms. The normalized spacial score (nSPS) is 10.9. The number of nitro groups is 1. The lowest BCUT2D eigenvalue weighted by Crippen LogP contribution is -2.17. The molecule has 0 fully saturated rings. The van der Waals surface area contributed by atoms with E-state index in [1.165, 1.54) is 23.5 Å². The highest BCUT2D eigenvalue weighted by molar-refractivity contribution is 7.22. The van der Waals surface area contributed by atoms with E-state index in [9.17, 15) is 14.9 Å². The Labute approximate surface area is 134 Å². The van der Waals surface area contributed by atoms with Gasteiger partial charge in [0.25, 0.3) is 11.6 Å². The van der Waals surface area contributed by atoms with E-state index in [-0.39, 0.29) is 11.6 Å². The standard InChI is InChI=1S/C14H13N5O3S/c1-3-18-11(6-8(2)17-18)13(20)16-14-15-10-5-4-9(19(21)22)7-12(10)23-14/h4-7H,3H2,1-2H3,(H,15,16,20). The molecule has 0 aliphatic carbocycles. The summed E-state index contributed by atoms with van der Waals surface area (Å²) in [5, 5.41) is 18.1. The number of nitrogens with zero attached hydrogens (tertiary/aromatic N) is 4. The number of nitrogens with one attached hydrogen (secondary N) is 1. The first kappa shape index (κ1) is 15.1. The molecule has 0 saturated heterocycles. The van der Waals surface area contributed by atoms with Crippen LogP contribution in [0.25, 0.3) is 10.2 Å². The molecule has 3 aromatic rings. The van der Waals surface area contributed by atoms with Gasteiger partial charge in [0.05, 0.1) is 20.8 Å². The molecule has 0 aliphatic heterocycles. The number of rotatable bonds is 4. The summed E-state index contributed by atoms with van der Waals surface area (Å²) in [6.45, 7) is 4.31. The Balaban J connectivity index is 1.88. The van der Waals surface area contributed by atoms with E-state index in [1.54, 1.807) is 16.8 Å². The van der Waals surface area contributed by atoms with Crippen molar-refractivity contribution in [2.45, 2.75) is 20.4 Å². The van der Waals surface area contributed by atoms with E-state index in [0.717, 1.165) is 5.69 Å². The van der Waals surface area contributed by atoms with E-state index in [0.29, 0.717) is 27.6 Å². The molecule has 118 valence electrons. The van der Waals surface area contributed by atoms with E-state index in [4.69, 9.17) is 0 Å². The first-order chi connectivity index (χ1) is 11.0. The van der Waals surface area contributed by atoms with E-state index in [2.05, 4.69) is 15.4 Å². The second-order valence-electron chi connectivity index (χ2n) is 4.87. The molecule has 0 atom stereocenters. The summed E-state index contributed by atoms with van der Waals surface area (Å²) in [6, 6.07) is 6.11. The number of fused-ring (bicyclic) bond motifs is 1. The van der Waals surface area contributed by atoms with Crippen LogP contribution in [0.4, 0.5) is 10.8 Å². The number of aryl methyl sites for hydroxylation is 2. The minimum Gasteiger partial charge on any atom is -0.296 e. The minimum atomic E-state index is -0.458. The molecule has 0 bridgehead atoms. The molecule has 23 heavy (non-hydrogen) atoms. The minimum absolute atomic E-state index is 0.00119. The highest BCUT2D eigenvalue weighted by atomic mass is 32.1. The Bertz CT molecular complexity index is 914. The molecule has 0 radical (unpaired) electrons. The Morgan fingerprint density at radius 1 is 1.43 bits per heavy atom. The third kappa shape index (κ3) is 2.90. The first-order valence-electron chi connectivity index (χ1n) is 6.88. The summed E-state index contributed by atoms with van der Waals surface area (Å²) in [5.41, 5.74) is 1.82. The average molecular weight is 331 g/mol. The van der Waals surface area contributed by atoms with Crippen LogP contribution < -0.4 is 5.32 Å². The van der Waals surface area contributed by atoms with Gasteiger partial charge in [0.15, 0.2) is 5.13 Å². The maximum absolute atomic E-state index is 12.3. The summed E-state index contributed by atoms with van der Waals surface area (Å²) in [5.74, 6) is -0.305. The monoisotopic (exact) mass is 331 g/mol. The number of nitro benzene ring substituents is 1. The third-order valence-corrected chi connectivity index (χ3v) is 4.17. The molecule has 0 aliphatic rings. The van der Waals surface area contributed by atoms with Gasteiger partial charge in [0.2, 0.25) is 0 Å². The van der Waals surface area contributed by atoms with Gasteiger partial charge in [-0.3, -0.25) is 24.9 Å². The van der Waals surface area contributed by atoms with Gasteiger partial charge in [-0.2, -0.15) is 5.10 Å². The number of hydrogen-bond acceptors (Lipinski definition) is 6. The zero-order chi connectivity index (χ0) is 16.6. The number of non-ortho nitro benzene ring substituents is 1. The van der Waals surface area contributed by atoms with Crippen molar-refractivity contribution >= 4 is 38.3 Å². The number of benzene rings is 1. The van der Waals surface area contributed by atoms with Crippen LogP contribution in [0.2, 0.25) is 0 Å². The van der Waals surface area contributed by atoms with Gasteiger partial charge >= 0.3 is 0 Å². The topological polar surface area (TPSA) is 103 Å². The zero-order valence-corrected chi connectivity index (χ0v) is 13.3. The number of carbonyl (C=O) groups is 1. The van der Waals surface area contributed by atoms with Crippen molar-refractivity contribution in [1.29, 1.82) is 0 Å². The van der Waals surface area contributed by atoms with Crippen molar-refractivity contribution in [2.24, 2.45) is 0 Å². The summed E-state index contributed by atoms with van der Waals surface area (Å²) in [7, 11) is 0. The Morgan fingerprint density at radius 2 is 2.22 bits per heavy atom. The molecule has 0 unspecified atom stereocenters. The second-order valence-corrected chi connectivity index (χ2v) is 5.90. The fraction of sp³-hybridized carbons (Fsp3) is 0.214. The molecule has 2 heterocycles. The molecular formula is C14H13N5O3S. The number of carbonyl (C=O) groups excluding carboxylic acids is 1. The van der Waals surface area contributed by atoms with Crippen LogP contribution in [0.5, 0.6) is 0 Å². The van der Waals surface area contributed by atoms with E-state index < -0.39 is 4.92 Å². The van der Waals surface area contributed by atoms with Gasteiger partial charge in [0, 0.05) is 18.7 Å². The largest absolute Gasteiger partial charge is 0.296 e. The van der Waals surface area contributed by atoms with Crippen molar-refractivity contribution in [3.05, 3.63) is 45.8 Å². The molecule has 1 aromatic carbocycles. The molecule has 3 rings (SSSR count). The van der Waals surface area contributed by atoms with Crippen LogP contribution in [0, 0.1) is 17.0 Å². The molecule has 0 spiro atoms. The van der Waals surface area contributed by atoms with Crippen LogP contribution in [0.1, 0.15) is 23.1 Å². The van der Waals surface area contributed by atoms with Crippen LogP contribution in [0.15, 0.2) is 24.3 Å². The van der Waals surface area contributed by atoms with Crippen molar-refractivity contribution < 1.29 is 9.72 Å². The summed E-state index contributed by atoms with van der Waals surface area (Å²) in [6.07, 6.45) is 0. The van der Waals surface area contributed by atoms with Gasteiger partial charge in [0.1, 0.15) is 5.69 Å². The van der Waals surface area contributed by atoms with Gasteiger partial charge < -0.3 is 0 Å². The lowest BCUT2D eigenvalue weighted by molar-refractivity contribution is -0.384. The molecular weight excluding hydrogens is 318 g/mol. The van der Waals surface area contributed by atoms with E-state index in [1.807, 2.05) is 13.8 Å². The van der Waals surface area contributed by atoms with Crippen molar-refractivity contribution in [3.8, 4) is 0 Å². The Morgan fingerprint density at radius 3 is 2.91 bits per heavy atom. The lowest BCUT2D eigenvalue weighted by atomic mass is 10.3. The lowest BCUT2D eigenvalue weighted by Gasteiger charge is -2.03. The van der Waals surface area contributed by atoms with E-state index >= 15 is 0 Å². The number of aromatic nitrogens is 3. The molecule has 1 amide bonds. The fourth-order valence-corrected chi connectivity index (χ4v) is 3.10. The predicted molar refractivity (Wildman–Crippen MR) is 86.9 cm³/mol. The smallest absolute Gasteiger partial charge is 0.275 e. The van der Waals surface area contributed by atoms with Crippen molar-refractivity contribution in [2.75, 3.05) is 5.32 Å². The maximum Gasteiger partial charge on any atom is 0.275 e. The number of anilines is 1. The molecule has 0 saturated carbocycles. The number of thiazole rings is 1. The molecule has 1 N–H and O–H groups in total. The summed E-state index contributed by atoms with van der Waals surface area (Å²) in [4.78, 5) is 27.0. The van der Waals surface area contributed by atoms with Crippen molar-refractivity contribution in [3.63, 3.8) is 0 Å². The average Bonchev–Trinajstić information content (AvgIpc) is 3.08. The highest BCUT2D eigenvalue weighted by Crippen LogP contribution is 2.29. The van der Waals surface area contributed by atoms with Gasteiger partial charge in [-0.1, -0.05) is 11.3 Å². The van der Waals surface area contributed by atoms with Crippen molar-refractivity contribution in [1.82, 2.24) is 14.8 Å². The number of hydrogen-bond donors (Lipinski definition) is 1. The summed E-state index contributed by atoms with van der Waals surface area (Å²) >= 11 is 1.19. The predicted octanol–water partition coefficient (Wildman–Crippen LogP) is 2.98. The molecule has 2 aromatic heterocycles. The Kier molecular flexibility index (Phi) is 3.78. The Hall–Kier alpha value is -2.81. The van der Waals surface area contributed by atoms with Gasteiger partial charge in [-0.15, -0.1) is 0 Å². The van der Waals surface area contributed by atoms with Gasteiger partial charge in [-0.05, 0) is 26.0 Å². The molecule has 8 nitrogen and oxygen atoms in total. The number of amides is 1. The summed E-state index contributed by atoms with van der Waals surface area (Å²) < 4.78 is 2.26. The highest BCUT2D eigenvalue weighted by Gasteiger charge is 2.16. The second kappa shape index (κ2) is 5.76. The maximum atomic E-state index is 12.3. The van der Waals surface area contributed by atoms with Crippen LogP contribution in [-0.4, -0.2) is 25.6 Å². The zero-order valence-electron chi connectivity index (χ0n) is 12.4. The third-order valence-electron chi connectivity index (χ3n) is 3.24. The van der Waals surface area contributed by atoms with Crippen LogP contribution in [-0.2, 0) is 6.54 Å². The quantitative estimate of drug-likeness (QED) is 0.585. The van der Waals surface area contributed by atoms with Crippen LogP contribution in [0.3, 0.4) is 0 Å². The van der Waals surface area contributed by atoms with Crippen LogP contribution >= 0.6 is 11.3 Å². The fourth-order valence-electron chi connectivity index (χ4n) is 2.21. The SMILES string of the molecule is CCn1nc(C)cc1C(=O)Nc1nc2ccc([N+](=O)[O-])cc2s1.